The van der Waals surface area contributed by atoms with Crippen molar-refractivity contribution in [2.45, 2.75) is 19.9 Å². The second kappa shape index (κ2) is 10.3. The molecule has 0 heterocycles. The van der Waals surface area contributed by atoms with E-state index >= 15 is 0 Å². The quantitative estimate of drug-likeness (QED) is 0.531. The summed E-state index contributed by atoms with van der Waals surface area (Å²) in [7, 11) is -3.68. The largest absolute Gasteiger partial charge is 0.494 e. The van der Waals surface area contributed by atoms with Crippen LogP contribution >= 0.6 is 0 Å². The second-order valence-electron chi connectivity index (χ2n) is 7.46. The number of amides is 1. The smallest absolute Gasteiger partial charge is 0.241 e. The maximum absolute atomic E-state index is 13.1. The molecule has 0 unspecified atom stereocenters. The predicted molar refractivity (Wildman–Crippen MR) is 127 cm³/mol. The first-order chi connectivity index (χ1) is 15.3. The molecular formula is C25H28N2O4S. The fraction of sp³-hybridized carbons (Fsp3) is 0.240. The highest BCUT2D eigenvalue weighted by Gasteiger charge is 2.24. The molecule has 3 rings (SSSR count). The lowest BCUT2D eigenvalue weighted by molar-refractivity contribution is -0.120. The number of nitrogens with one attached hydrogen (secondary N) is 1. The molecule has 0 aliphatic rings. The number of rotatable bonds is 9. The van der Waals surface area contributed by atoms with E-state index in [1.54, 1.807) is 24.3 Å². The summed E-state index contributed by atoms with van der Waals surface area (Å²) in [6, 6.07) is 23.7. The van der Waals surface area contributed by atoms with Crippen molar-refractivity contribution in [3.63, 3.8) is 0 Å². The van der Waals surface area contributed by atoms with Crippen molar-refractivity contribution in [1.82, 2.24) is 5.32 Å². The first-order valence-electron chi connectivity index (χ1n) is 10.4. The lowest BCUT2D eigenvalue weighted by Crippen LogP contribution is -2.42. The summed E-state index contributed by atoms with van der Waals surface area (Å²) < 4.78 is 31.5. The molecule has 0 radical (unpaired) electrons. The summed E-state index contributed by atoms with van der Waals surface area (Å²) in [6.45, 7) is 4.04. The maximum atomic E-state index is 13.1. The summed E-state index contributed by atoms with van der Waals surface area (Å²) in [5, 5.41) is 3.02. The number of hydrogen-bond donors (Lipinski definition) is 1. The van der Waals surface area contributed by atoms with Crippen molar-refractivity contribution in [3.05, 3.63) is 95.6 Å². The molecule has 168 valence electrons. The van der Waals surface area contributed by atoms with E-state index in [1.807, 2.05) is 68.4 Å². The Balaban J connectivity index is 1.87. The zero-order chi connectivity index (χ0) is 23.1. The van der Waals surface area contributed by atoms with Gasteiger partial charge in [0.2, 0.25) is 15.9 Å². The number of benzene rings is 3. The van der Waals surface area contributed by atoms with E-state index in [1.165, 1.54) is 0 Å². The van der Waals surface area contributed by atoms with Gasteiger partial charge in [0.1, 0.15) is 12.3 Å². The van der Waals surface area contributed by atoms with Gasteiger partial charge in [-0.15, -0.1) is 0 Å². The van der Waals surface area contributed by atoms with Crippen LogP contribution in [0.25, 0.3) is 0 Å². The first kappa shape index (κ1) is 23.3. The van der Waals surface area contributed by atoms with E-state index in [9.17, 15) is 13.2 Å². The van der Waals surface area contributed by atoms with E-state index in [4.69, 9.17) is 4.74 Å². The molecule has 0 aliphatic heterocycles. The van der Waals surface area contributed by atoms with E-state index < -0.39 is 22.0 Å². The molecule has 32 heavy (non-hydrogen) atoms. The van der Waals surface area contributed by atoms with Crippen molar-refractivity contribution in [2.75, 3.05) is 23.7 Å². The zero-order valence-corrected chi connectivity index (χ0v) is 19.3. The Morgan fingerprint density at radius 3 is 2.19 bits per heavy atom. The summed E-state index contributed by atoms with van der Waals surface area (Å²) in [5.41, 5.74) is 3.31. The van der Waals surface area contributed by atoms with E-state index in [0.717, 1.165) is 27.3 Å². The van der Waals surface area contributed by atoms with Gasteiger partial charge in [0.25, 0.3) is 0 Å². The fourth-order valence-electron chi connectivity index (χ4n) is 3.51. The standard InChI is InChI=1S/C25H28N2O4S/c1-4-31-22-16-14-21(15-17-22)27(32(3,29)30)18-24(28)26-25(20-11-6-5-7-12-20)23-13-9-8-10-19(23)2/h5-17,25H,4,18H2,1-3H3,(H,26,28)/t25-/m1/s1. The van der Waals surface area contributed by atoms with Crippen molar-refractivity contribution >= 4 is 21.6 Å². The van der Waals surface area contributed by atoms with E-state index in [-0.39, 0.29) is 6.54 Å². The van der Waals surface area contributed by atoms with Crippen LogP contribution in [0.4, 0.5) is 5.69 Å². The number of aryl methyl sites for hydroxylation is 1. The Kier molecular flexibility index (Phi) is 7.53. The molecule has 0 bridgehead atoms. The minimum absolute atomic E-state index is 0.331. The van der Waals surface area contributed by atoms with Gasteiger partial charge in [0, 0.05) is 0 Å². The van der Waals surface area contributed by atoms with Crippen LogP contribution in [-0.2, 0) is 14.8 Å². The highest BCUT2D eigenvalue weighted by atomic mass is 32.2. The van der Waals surface area contributed by atoms with Gasteiger partial charge in [-0.05, 0) is 54.8 Å². The Labute approximate surface area is 189 Å². The number of carbonyl (C=O) groups excluding carboxylic acids is 1. The first-order valence-corrected chi connectivity index (χ1v) is 12.2. The molecule has 1 atom stereocenters. The zero-order valence-electron chi connectivity index (χ0n) is 18.5. The molecule has 3 aromatic carbocycles. The third-order valence-corrected chi connectivity index (χ3v) is 6.20. The Hall–Kier alpha value is -3.32. The molecule has 0 aliphatic carbocycles. The topological polar surface area (TPSA) is 75.7 Å². The van der Waals surface area contributed by atoms with Crippen LogP contribution in [0.15, 0.2) is 78.9 Å². The lowest BCUT2D eigenvalue weighted by atomic mass is 9.95. The summed E-state index contributed by atoms with van der Waals surface area (Å²) >= 11 is 0. The minimum Gasteiger partial charge on any atom is -0.494 e. The SMILES string of the molecule is CCOc1ccc(N(CC(=O)N[C@H](c2ccccc2)c2ccccc2C)S(C)(=O)=O)cc1. The van der Waals surface area contributed by atoms with Crippen LogP contribution in [0.2, 0.25) is 0 Å². The van der Waals surface area contributed by atoms with Gasteiger partial charge < -0.3 is 10.1 Å². The predicted octanol–water partition coefficient (Wildman–Crippen LogP) is 4.07. The second-order valence-corrected chi connectivity index (χ2v) is 9.37. The third kappa shape index (κ3) is 5.88. The molecule has 1 N–H and O–H groups in total. The van der Waals surface area contributed by atoms with Gasteiger partial charge in [-0.25, -0.2) is 8.42 Å². The van der Waals surface area contributed by atoms with Crippen LogP contribution in [-0.4, -0.2) is 33.7 Å². The van der Waals surface area contributed by atoms with Crippen molar-refractivity contribution in [2.24, 2.45) is 0 Å². The molecule has 6 nitrogen and oxygen atoms in total. The highest BCUT2D eigenvalue weighted by molar-refractivity contribution is 7.92. The van der Waals surface area contributed by atoms with Crippen molar-refractivity contribution < 1.29 is 17.9 Å². The van der Waals surface area contributed by atoms with Crippen molar-refractivity contribution in [1.29, 1.82) is 0 Å². The molecule has 3 aromatic rings. The van der Waals surface area contributed by atoms with Crippen LogP contribution in [0.1, 0.15) is 29.7 Å². The summed E-state index contributed by atoms with van der Waals surface area (Å²) in [4.78, 5) is 13.1. The van der Waals surface area contributed by atoms with Crippen LogP contribution in [0.3, 0.4) is 0 Å². The number of ether oxygens (including phenoxy) is 1. The Bertz CT molecular complexity index is 1150. The van der Waals surface area contributed by atoms with E-state index in [0.29, 0.717) is 18.0 Å². The number of carbonyl (C=O) groups is 1. The number of hydrogen-bond acceptors (Lipinski definition) is 4. The van der Waals surface area contributed by atoms with Gasteiger partial charge in [0.15, 0.2) is 0 Å². The Morgan fingerprint density at radius 2 is 1.59 bits per heavy atom. The molecule has 0 spiro atoms. The number of sulfonamides is 1. The highest BCUT2D eigenvalue weighted by Crippen LogP contribution is 2.26. The molecular weight excluding hydrogens is 424 g/mol. The minimum atomic E-state index is -3.68. The average molecular weight is 453 g/mol. The van der Waals surface area contributed by atoms with E-state index in [2.05, 4.69) is 5.32 Å². The third-order valence-electron chi connectivity index (χ3n) is 5.06. The van der Waals surface area contributed by atoms with Crippen LogP contribution < -0.4 is 14.4 Å². The Morgan fingerprint density at radius 1 is 0.969 bits per heavy atom. The molecule has 0 saturated carbocycles. The maximum Gasteiger partial charge on any atom is 0.241 e. The normalized spacial score (nSPS) is 12.1. The summed E-state index contributed by atoms with van der Waals surface area (Å²) in [5.74, 6) is 0.235. The molecule has 0 saturated heterocycles. The average Bonchev–Trinajstić information content (AvgIpc) is 2.77. The van der Waals surface area contributed by atoms with Gasteiger partial charge in [0.05, 0.1) is 24.6 Å². The molecule has 1 amide bonds. The van der Waals surface area contributed by atoms with Gasteiger partial charge in [-0.3, -0.25) is 9.10 Å². The molecule has 7 heteroatoms. The van der Waals surface area contributed by atoms with Gasteiger partial charge in [-0.2, -0.15) is 0 Å². The number of nitrogens with zero attached hydrogens (tertiary/aromatic N) is 1. The monoisotopic (exact) mass is 452 g/mol. The van der Waals surface area contributed by atoms with Crippen LogP contribution in [0, 0.1) is 6.92 Å². The summed E-state index contributed by atoms with van der Waals surface area (Å²) in [6.07, 6.45) is 1.09. The molecule has 0 aromatic heterocycles. The molecule has 0 fully saturated rings. The lowest BCUT2D eigenvalue weighted by Gasteiger charge is -2.25. The van der Waals surface area contributed by atoms with Gasteiger partial charge in [-0.1, -0.05) is 54.6 Å². The number of anilines is 1. The van der Waals surface area contributed by atoms with Gasteiger partial charge >= 0.3 is 0 Å². The van der Waals surface area contributed by atoms with Crippen LogP contribution in [0.5, 0.6) is 5.75 Å². The fourth-order valence-corrected chi connectivity index (χ4v) is 4.37. The van der Waals surface area contributed by atoms with Crippen molar-refractivity contribution in [3.8, 4) is 5.75 Å².